The lowest BCUT2D eigenvalue weighted by molar-refractivity contribution is -0.136. The van der Waals surface area contributed by atoms with Crippen LogP contribution in [-0.4, -0.2) is 25.0 Å². The van der Waals surface area contributed by atoms with Gasteiger partial charge in [-0.2, -0.15) is 0 Å². The van der Waals surface area contributed by atoms with Gasteiger partial charge in [0.15, 0.2) is 0 Å². The number of ether oxygens (including phenoxy) is 3. The quantitative estimate of drug-likeness (QED) is 0.252. The highest BCUT2D eigenvalue weighted by Crippen LogP contribution is 2.29. The topological polar surface area (TPSA) is 90.9 Å². The van der Waals surface area contributed by atoms with Gasteiger partial charge in [0.1, 0.15) is 22.9 Å². The maximum atomic E-state index is 12.9. The molecule has 0 saturated carbocycles. The van der Waals surface area contributed by atoms with Crippen LogP contribution in [0.5, 0.6) is 17.2 Å². The number of hydrogen-bond acceptors (Lipinski definition) is 6. The van der Waals surface area contributed by atoms with Crippen LogP contribution >= 0.6 is 15.9 Å². The van der Waals surface area contributed by atoms with Crippen LogP contribution in [0.4, 0.5) is 0 Å². The minimum atomic E-state index is -0.712. The van der Waals surface area contributed by atoms with E-state index in [0.29, 0.717) is 22.6 Å². The van der Waals surface area contributed by atoms with Crippen LogP contribution in [0.1, 0.15) is 28.4 Å². The largest absolute Gasteiger partial charge is 0.464 e. The molecule has 3 rings (SSSR count). The average molecular weight is 524 g/mol. The monoisotopic (exact) mass is 523 g/mol. The first-order valence-corrected chi connectivity index (χ1v) is 11.0. The van der Waals surface area contributed by atoms with E-state index < -0.39 is 17.8 Å². The zero-order chi connectivity index (χ0) is 24.7. The van der Waals surface area contributed by atoms with E-state index in [0.717, 1.165) is 4.47 Å². The molecule has 8 heteroatoms. The fourth-order valence-corrected chi connectivity index (χ4v) is 3.39. The van der Waals surface area contributed by atoms with Gasteiger partial charge in [0.05, 0.1) is 11.6 Å². The summed E-state index contributed by atoms with van der Waals surface area (Å²) in [5.41, 5.74) is 1.31. The predicted molar refractivity (Wildman–Crippen MR) is 131 cm³/mol. The Labute approximate surface area is 205 Å². The Bertz CT molecular complexity index is 1250. The van der Waals surface area contributed by atoms with Crippen LogP contribution in [0.3, 0.4) is 0 Å². The first kappa shape index (κ1) is 24.7. The first-order chi connectivity index (χ1) is 16.3. The highest BCUT2D eigenvalue weighted by Gasteiger charge is 2.18. The molecule has 1 N–H and O–H groups in total. The third kappa shape index (κ3) is 6.32. The molecule has 34 heavy (non-hydrogen) atoms. The SMILES string of the molecule is COC(=O)/C(=C/c1ccc(Oc2ccccc2Br)cc1)NC(=O)c1cccc(OC(C)=O)c1C. The van der Waals surface area contributed by atoms with E-state index in [2.05, 4.69) is 21.2 Å². The average Bonchev–Trinajstić information content (AvgIpc) is 2.81. The first-order valence-electron chi connectivity index (χ1n) is 10.2. The summed E-state index contributed by atoms with van der Waals surface area (Å²) in [7, 11) is 1.23. The standard InChI is InChI=1S/C26H22BrNO6/c1-16-20(7-6-10-23(16)33-17(2)29)25(30)28-22(26(31)32-3)15-18-11-13-19(14-12-18)34-24-9-5-4-8-21(24)27/h4-15H,1-3H3,(H,28,30)/b22-15-. The molecule has 0 fully saturated rings. The van der Waals surface area contributed by atoms with Crippen molar-refractivity contribution in [1.29, 1.82) is 0 Å². The summed E-state index contributed by atoms with van der Waals surface area (Å²) in [6.45, 7) is 2.93. The number of esters is 2. The van der Waals surface area contributed by atoms with E-state index in [1.807, 2.05) is 24.3 Å². The Balaban J connectivity index is 1.82. The molecule has 0 aromatic heterocycles. The molecule has 0 radical (unpaired) electrons. The van der Waals surface area contributed by atoms with Crippen LogP contribution in [0.2, 0.25) is 0 Å². The molecular formula is C26H22BrNO6. The third-order valence-electron chi connectivity index (χ3n) is 4.69. The molecule has 3 aromatic rings. The van der Waals surface area contributed by atoms with Crippen molar-refractivity contribution in [3.63, 3.8) is 0 Å². The summed E-state index contributed by atoms with van der Waals surface area (Å²) in [6.07, 6.45) is 1.50. The summed E-state index contributed by atoms with van der Waals surface area (Å²) in [5.74, 6) is -0.217. The van der Waals surface area contributed by atoms with Gasteiger partial charge in [-0.05, 0) is 70.9 Å². The molecule has 0 atom stereocenters. The molecule has 0 aliphatic rings. The van der Waals surface area contributed by atoms with Crippen LogP contribution < -0.4 is 14.8 Å². The van der Waals surface area contributed by atoms with Gasteiger partial charge in [-0.15, -0.1) is 0 Å². The molecule has 0 heterocycles. The summed E-state index contributed by atoms with van der Waals surface area (Å²) in [4.78, 5) is 36.5. The van der Waals surface area contributed by atoms with Crippen molar-refractivity contribution in [2.24, 2.45) is 0 Å². The maximum absolute atomic E-state index is 12.9. The zero-order valence-corrected chi connectivity index (χ0v) is 20.3. The molecule has 0 saturated heterocycles. The second-order valence-electron chi connectivity index (χ2n) is 7.13. The fraction of sp³-hybridized carbons (Fsp3) is 0.115. The highest BCUT2D eigenvalue weighted by molar-refractivity contribution is 9.10. The van der Waals surface area contributed by atoms with Crippen molar-refractivity contribution < 1.29 is 28.6 Å². The van der Waals surface area contributed by atoms with Crippen molar-refractivity contribution in [2.75, 3.05) is 7.11 Å². The number of rotatable bonds is 7. The van der Waals surface area contributed by atoms with Crippen LogP contribution in [0.25, 0.3) is 6.08 Å². The second-order valence-corrected chi connectivity index (χ2v) is 7.98. The molecule has 1 amide bonds. The fourth-order valence-electron chi connectivity index (χ4n) is 3.02. The number of hydrogen-bond donors (Lipinski definition) is 1. The van der Waals surface area contributed by atoms with Gasteiger partial charge in [0.25, 0.3) is 5.91 Å². The summed E-state index contributed by atoms with van der Waals surface area (Å²) >= 11 is 3.44. The zero-order valence-electron chi connectivity index (χ0n) is 18.8. The Morgan fingerprint density at radius 1 is 0.912 bits per heavy atom. The van der Waals surface area contributed by atoms with Gasteiger partial charge in [0.2, 0.25) is 0 Å². The second kappa shape index (κ2) is 11.3. The van der Waals surface area contributed by atoms with Crippen LogP contribution in [0.15, 0.2) is 76.9 Å². The molecule has 174 valence electrons. The van der Waals surface area contributed by atoms with Gasteiger partial charge in [0, 0.05) is 18.1 Å². The van der Waals surface area contributed by atoms with E-state index in [9.17, 15) is 14.4 Å². The number of carbonyl (C=O) groups excluding carboxylic acids is 3. The minimum Gasteiger partial charge on any atom is -0.464 e. The van der Waals surface area contributed by atoms with E-state index in [4.69, 9.17) is 14.2 Å². The van der Waals surface area contributed by atoms with E-state index in [-0.39, 0.29) is 17.0 Å². The summed E-state index contributed by atoms with van der Waals surface area (Å²) < 4.78 is 16.6. The smallest absolute Gasteiger partial charge is 0.354 e. The van der Waals surface area contributed by atoms with Gasteiger partial charge < -0.3 is 19.5 Å². The minimum absolute atomic E-state index is 0.0516. The Morgan fingerprint density at radius 2 is 1.59 bits per heavy atom. The lowest BCUT2D eigenvalue weighted by Gasteiger charge is -2.12. The molecule has 0 unspecified atom stereocenters. The molecule has 7 nitrogen and oxygen atoms in total. The van der Waals surface area contributed by atoms with Gasteiger partial charge >= 0.3 is 11.9 Å². The molecule has 0 spiro atoms. The van der Waals surface area contributed by atoms with Crippen molar-refractivity contribution in [3.05, 3.63) is 93.6 Å². The molecule has 0 aliphatic heterocycles. The van der Waals surface area contributed by atoms with Crippen LogP contribution in [-0.2, 0) is 14.3 Å². The van der Waals surface area contributed by atoms with E-state index in [1.165, 1.54) is 20.1 Å². The number of amides is 1. The highest BCUT2D eigenvalue weighted by atomic mass is 79.9. The Hall–Kier alpha value is -3.91. The normalized spacial score (nSPS) is 10.9. The number of halogens is 1. The number of nitrogens with one attached hydrogen (secondary N) is 1. The Morgan fingerprint density at radius 3 is 2.24 bits per heavy atom. The lowest BCUT2D eigenvalue weighted by Crippen LogP contribution is -2.28. The summed E-state index contributed by atoms with van der Waals surface area (Å²) in [6, 6.07) is 19.2. The predicted octanol–water partition coefficient (Wildman–Crippen LogP) is 5.42. The van der Waals surface area contributed by atoms with Crippen molar-refractivity contribution >= 4 is 39.9 Å². The number of methoxy groups -OCH3 is 1. The Kier molecular flexibility index (Phi) is 8.21. The van der Waals surface area contributed by atoms with Crippen molar-refractivity contribution in [1.82, 2.24) is 5.32 Å². The van der Waals surface area contributed by atoms with Crippen LogP contribution in [0, 0.1) is 6.92 Å². The van der Waals surface area contributed by atoms with Gasteiger partial charge in [-0.3, -0.25) is 9.59 Å². The van der Waals surface area contributed by atoms with E-state index >= 15 is 0 Å². The maximum Gasteiger partial charge on any atom is 0.354 e. The summed E-state index contributed by atoms with van der Waals surface area (Å²) in [5, 5.41) is 2.59. The molecular weight excluding hydrogens is 502 g/mol. The van der Waals surface area contributed by atoms with Gasteiger partial charge in [-0.25, -0.2) is 4.79 Å². The van der Waals surface area contributed by atoms with Crippen molar-refractivity contribution in [3.8, 4) is 17.2 Å². The lowest BCUT2D eigenvalue weighted by atomic mass is 10.1. The molecule has 0 aliphatic carbocycles. The number of carbonyl (C=O) groups is 3. The molecule has 0 bridgehead atoms. The number of para-hydroxylation sites is 1. The van der Waals surface area contributed by atoms with Gasteiger partial charge in [-0.1, -0.05) is 30.3 Å². The molecule has 3 aromatic carbocycles. The van der Waals surface area contributed by atoms with E-state index in [1.54, 1.807) is 49.4 Å². The third-order valence-corrected chi connectivity index (χ3v) is 5.35. The number of benzene rings is 3. The van der Waals surface area contributed by atoms with Crippen molar-refractivity contribution in [2.45, 2.75) is 13.8 Å².